The van der Waals surface area contributed by atoms with Crippen LogP contribution in [-0.4, -0.2) is 45.1 Å². The Kier molecular flexibility index (Phi) is 7.73. The van der Waals surface area contributed by atoms with Gasteiger partial charge in [-0.05, 0) is 67.6 Å². The fourth-order valence-electron chi connectivity index (χ4n) is 4.17. The molecule has 1 aliphatic rings. The number of amides is 3. The molecule has 1 aromatic heterocycles. The van der Waals surface area contributed by atoms with Gasteiger partial charge in [-0.25, -0.2) is 0 Å². The molecule has 14 heteroatoms. The molecule has 1 saturated heterocycles. The number of nitrogens with one attached hydrogen (secondary N) is 1. The molecule has 0 saturated carbocycles. The minimum atomic E-state index is -4.66. The molecule has 0 atom stereocenters. The van der Waals surface area contributed by atoms with Crippen LogP contribution in [0.3, 0.4) is 0 Å². The third-order valence-corrected chi connectivity index (χ3v) is 6.94. The van der Waals surface area contributed by atoms with Crippen LogP contribution in [0.15, 0.2) is 53.4 Å². The number of nitrogens with zero attached hydrogens (tertiary/aromatic N) is 3. The van der Waals surface area contributed by atoms with E-state index < -0.39 is 40.3 Å². The Morgan fingerprint density at radius 3 is 2.52 bits per heavy atom. The predicted molar refractivity (Wildman–Crippen MR) is 141 cm³/mol. The Morgan fingerprint density at radius 1 is 1.15 bits per heavy atom. The highest BCUT2D eigenvalue weighted by molar-refractivity contribution is 8.18. The summed E-state index contributed by atoms with van der Waals surface area (Å²) in [5.74, 6) is -1.68. The fourth-order valence-corrected chi connectivity index (χ4v) is 5.00. The summed E-state index contributed by atoms with van der Waals surface area (Å²) in [5, 5.41) is 12.7. The molecule has 0 radical (unpaired) electrons. The fraction of sp³-hybridized carbons (Fsp3) is 0.192. The van der Waals surface area contributed by atoms with Crippen LogP contribution >= 0.6 is 11.8 Å². The molecule has 1 N–H and O–H groups in total. The first-order valence-electron chi connectivity index (χ1n) is 11.5. The van der Waals surface area contributed by atoms with Gasteiger partial charge in [-0.3, -0.25) is 29.4 Å². The molecule has 2 heterocycles. The highest BCUT2D eigenvalue weighted by atomic mass is 32.2. The maximum Gasteiger partial charge on any atom is 0.416 e. The van der Waals surface area contributed by atoms with Gasteiger partial charge in [-0.15, -0.1) is 0 Å². The number of anilines is 1. The lowest BCUT2D eigenvalue weighted by molar-refractivity contribution is -0.384. The first-order valence-corrected chi connectivity index (χ1v) is 12.4. The summed E-state index contributed by atoms with van der Waals surface area (Å²) in [4.78, 5) is 49.6. The van der Waals surface area contributed by atoms with E-state index in [0.717, 1.165) is 17.8 Å². The minimum Gasteiger partial charge on any atom is -0.495 e. The van der Waals surface area contributed by atoms with Gasteiger partial charge in [0.05, 0.1) is 33.9 Å². The monoisotopic (exact) mass is 574 g/mol. The highest BCUT2D eigenvalue weighted by Crippen LogP contribution is 2.36. The standard InChI is InChI=1S/C26H21F3N4O6S/c1-14-9-16(15(2)32(14)18-5-4-6-19(12-18)33(37)38)10-22-24(35)31(25(36)40-22)13-23(34)30-20-11-17(26(27,28)29)7-8-21(20)39-3/h4-12H,13H2,1-3H3,(H,30,34)/b22-10-. The number of imide groups is 1. The average molecular weight is 575 g/mol. The average Bonchev–Trinajstić information content (AvgIpc) is 3.31. The van der Waals surface area contributed by atoms with Crippen molar-refractivity contribution < 1.29 is 37.2 Å². The highest BCUT2D eigenvalue weighted by Gasteiger charge is 2.37. The lowest BCUT2D eigenvalue weighted by Crippen LogP contribution is -2.36. The second kappa shape index (κ2) is 10.9. The number of halogens is 3. The van der Waals surface area contributed by atoms with E-state index in [1.165, 1.54) is 25.3 Å². The Hall–Kier alpha value is -4.59. The Balaban J connectivity index is 1.54. The van der Waals surface area contributed by atoms with E-state index in [0.29, 0.717) is 39.7 Å². The topological polar surface area (TPSA) is 124 Å². The summed E-state index contributed by atoms with van der Waals surface area (Å²) in [6, 6.07) is 10.3. The smallest absolute Gasteiger partial charge is 0.416 e. The van der Waals surface area contributed by atoms with Gasteiger partial charge in [0, 0.05) is 23.5 Å². The number of carbonyl (C=O) groups excluding carboxylic acids is 3. The van der Waals surface area contributed by atoms with Gasteiger partial charge >= 0.3 is 6.18 Å². The number of non-ortho nitro benzene ring substituents is 1. The number of aryl methyl sites for hydroxylation is 1. The molecule has 0 aliphatic carbocycles. The summed E-state index contributed by atoms with van der Waals surface area (Å²) in [6.45, 7) is 2.80. The Morgan fingerprint density at radius 2 is 1.88 bits per heavy atom. The van der Waals surface area contributed by atoms with Crippen molar-refractivity contribution in [2.45, 2.75) is 20.0 Å². The minimum absolute atomic E-state index is 0.0329. The van der Waals surface area contributed by atoms with E-state index in [1.807, 2.05) is 0 Å². The van der Waals surface area contributed by atoms with Gasteiger partial charge in [0.25, 0.3) is 16.8 Å². The number of rotatable bonds is 7. The van der Waals surface area contributed by atoms with Crippen molar-refractivity contribution in [3.8, 4) is 11.4 Å². The van der Waals surface area contributed by atoms with Gasteiger partial charge in [-0.2, -0.15) is 13.2 Å². The number of carbonyl (C=O) groups is 3. The molecule has 1 fully saturated rings. The molecule has 0 spiro atoms. The molecular weight excluding hydrogens is 553 g/mol. The van der Waals surface area contributed by atoms with Crippen LogP contribution in [0.2, 0.25) is 0 Å². The maximum atomic E-state index is 13.1. The van der Waals surface area contributed by atoms with Crippen LogP contribution in [0, 0.1) is 24.0 Å². The van der Waals surface area contributed by atoms with Crippen molar-refractivity contribution in [2.75, 3.05) is 19.0 Å². The van der Waals surface area contributed by atoms with E-state index in [2.05, 4.69) is 5.32 Å². The van der Waals surface area contributed by atoms with Crippen LogP contribution in [-0.2, 0) is 15.8 Å². The van der Waals surface area contributed by atoms with E-state index in [4.69, 9.17) is 4.74 Å². The van der Waals surface area contributed by atoms with Crippen molar-refractivity contribution in [1.82, 2.24) is 9.47 Å². The number of hydrogen-bond acceptors (Lipinski definition) is 7. The first kappa shape index (κ1) is 28.4. The molecule has 2 aromatic carbocycles. The number of thioether (sulfide) groups is 1. The van der Waals surface area contributed by atoms with E-state index >= 15 is 0 Å². The second-order valence-corrected chi connectivity index (χ2v) is 9.66. The van der Waals surface area contributed by atoms with E-state index in [-0.39, 0.29) is 22.0 Å². The number of benzene rings is 2. The van der Waals surface area contributed by atoms with Gasteiger partial charge in [-0.1, -0.05) is 6.07 Å². The number of hydrogen-bond donors (Lipinski definition) is 1. The van der Waals surface area contributed by atoms with Gasteiger partial charge in [0.15, 0.2) is 0 Å². The largest absolute Gasteiger partial charge is 0.495 e. The number of alkyl halides is 3. The third kappa shape index (κ3) is 5.71. The number of methoxy groups -OCH3 is 1. The zero-order valence-corrected chi connectivity index (χ0v) is 22.1. The number of nitro benzene ring substituents is 1. The van der Waals surface area contributed by atoms with Crippen molar-refractivity contribution in [3.05, 3.63) is 86.1 Å². The zero-order valence-electron chi connectivity index (χ0n) is 21.2. The zero-order chi connectivity index (χ0) is 29.4. The van der Waals surface area contributed by atoms with Crippen LogP contribution in [0.1, 0.15) is 22.5 Å². The molecule has 0 bridgehead atoms. The van der Waals surface area contributed by atoms with Crippen molar-refractivity contribution >= 4 is 46.3 Å². The summed E-state index contributed by atoms with van der Waals surface area (Å²) in [6.07, 6.45) is -3.18. The van der Waals surface area contributed by atoms with Crippen molar-refractivity contribution in [1.29, 1.82) is 0 Å². The SMILES string of the molecule is COc1ccc(C(F)(F)F)cc1NC(=O)CN1C(=O)S/C(=C\c2cc(C)n(-c3cccc([N+](=O)[O-])c3)c2C)C1=O. The van der Waals surface area contributed by atoms with Gasteiger partial charge in [0.1, 0.15) is 12.3 Å². The number of aromatic nitrogens is 1. The van der Waals surface area contributed by atoms with Gasteiger partial charge in [0.2, 0.25) is 5.91 Å². The summed E-state index contributed by atoms with van der Waals surface area (Å²) >= 11 is 0.611. The normalized spacial score (nSPS) is 14.7. The van der Waals surface area contributed by atoms with Crippen LogP contribution in [0.5, 0.6) is 5.75 Å². The Bertz CT molecular complexity index is 1580. The van der Waals surface area contributed by atoms with Crippen LogP contribution in [0.4, 0.5) is 29.3 Å². The van der Waals surface area contributed by atoms with Crippen molar-refractivity contribution in [2.24, 2.45) is 0 Å². The molecule has 208 valence electrons. The lowest BCUT2D eigenvalue weighted by Gasteiger charge is -2.16. The molecule has 3 aromatic rings. The molecule has 0 unspecified atom stereocenters. The number of nitro groups is 1. The molecule has 40 heavy (non-hydrogen) atoms. The van der Waals surface area contributed by atoms with E-state index in [1.54, 1.807) is 36.6 Å². The summed E-state index contributed by atoms with van der Waals surface area (Å²) < 4.78 is 46.1. The third-order valence-electron chi connectivity index (χ3n) is 6.03. The predicted octanol–water partition coefficient (Wildman–Crippen LogP) is 5.70. The van der Waals surface area contributed by atoms with E-state index in [9.17, 15) is 37.7 Å². The Labute approximate surface area is 229 Å². The molecule has 4 rings (SSSR count). The quantitative estimate of drug-likeness (QED) is 0.218. The number of ether oxygens (including phenoxy) is 1. The molecular formula is C26H21F3N4O6S. The lowest BCUT2D eigenvalue weighted by atomic mass is 10.1. The summed E-state index contributed by atoms with van der Waals surface area (Å²) in [5.41, 5.74) is 1.12. The maximum absolute atomic E-state index is 13.1. The van der Waals surface area contributed by atoms with Crippen LogP contribution in [0.25, 0.3) is 11.8 Å². The second-order valence-electron chi connectivity index (χ2n) is 8.67. The molecule has 10 nitrogen and oxygen atoms in total. The first-order chi connectivity index (χ1) is 18.8. The van der Waals surface area contributed by atoms with Crippen molar-refractivity contribution in [3.63, 3.8) is 0 Å². The molecule has 1 aliphatic heterocycles. The van der Waals surface area contributed by atoms with Crippen LogP contribution < -0.4 is 10.1 Å². The van der Waals surface area contributed by atoms with Gasteiger partial charge < -0.3 is 14.6 Å². The molecule has 3 amide bonds. The summed E-state index contributed by atoms with van der Waals surface area (Å²) in [7, 11) is 1.22.